The Morgan fingerprint density at radius 3 is 2.26 bits per heavy atom. The number of hydrogen-bond acceptors (Lipinski definition) is 4. The minimum absolute atomic E-state index is 0.159. The zero-order valence-electron chi connectivity index (χ0n) is 21.2. The van der Waals surface area contributed by atoms with Gasteiger partial charge in [-0.05, 0) is 54.2 Å². The molecule has 1 heterocycles. The molecule has 1 N–H and O–H groups in total. The number of anilines is 1. The molecule has 1 aliphatic rings. The van der Waals surface area contributed by atoms with Gasteiger partial charge in [-0.15, -0.1) is 0 Å². The minimum Gasteiger partial charge on any atom is -0.485 e. The summed E-state index contributed by atoms with van der Waals surface area (Å²) < 4.78 is 18.7. The second-order valence-electron chi connectivity index (χ2n) is 10.6. The quantitative estimate of drug-likeness (QED) is 0.411. The molecule has 2 atom stereocenters. The third-order valence-corrected chi connectivity index (χ3v) is 6.49. The Kier molecular flexibility index (Phi) is 7.01. The Morgan fingerprint density at radius 1 is 0.912 bits per heavy atom. The Labute approximate surface area is 204 Å². The predicted molar refractivity (Wildman–Crippen MR) is 138 cm³/mol. The molecule has 0 saturated heterocycles. The lowest BCUT2D eigenvalue weighted by atomic mass is 9.87. The molecule has 1 aliphatic heterocycles. The maximum Gasteiger partial charge on any atom is 0.132 e. The van der Waals surface area contributed by atoms with Crippen LogP contribution in [0.25, 0.3) is 0 Å². The van der Waals surface area contributed by atoms with E-state index in [0.29, 0.717) is 6.61 Å². The summed E-state index contributed by atoms with van der Waals surface area (Å²) in [6.45, 7) is 12.1. The van der Waals surface area contributed by atoms with Crippen molar-refractivity contribution in [1.82, 2.24) is 0 Å². The standard InChI is InChI=1S/C30H37NO3/c1-29(2,3)23-14-12-21(13-15-23)19-31-24-16-17-26-25(18-24)27(32-6)28(30(4,5)34-26)33-20-22-10-8-7-9-11-22/h7-18,27-28,31H,19-20H2,1-6H3. The molecule has 4 heteroatoms. The average molecular weight is 460 g/mol. The van der Waals surface area contributed by atoms with E-state index in [1.54, 1.807) is 7.11 Å². The number of benzene rings is 3. The van der Waals surface area contributed by atoms with E-state index in [-0.39, 0.29) is 17.6 Å². The van der Waals surface area contributed by atoms with E-state index in [4.69, 9.17) is 14.2 Å². The van der Waals surface area contributed by atoms with Crippen LogP contribution in [0.2, 0.25) is 0 Å². The van der Waals surface area contributed by atoms with Crippen molar-refractivity contribution in [2.75, 3.05) is 12.4 Å². The van der Waals surface area contributed by atoms with Gasteiger partial charge in [-0.2, -0.15) is 0 Å². The smallest absolute Gasteiger partial charge is 0.132 e. The molecule has 3 aromatic rings. The van der Waals surface area contributed by atoms with Crippen molar-refractivity contribution in [2.24, 2.45) is 0 Å². The molecule has 0 spiro atoms. The summed E-state index contributed by atoms with van der Waals surface area (Å²) in [5.41, 5.74) is 5.40. The van der Waals surface area contributed by atoms with E-state index >= 15 is 0 Å². The molecule has 34 heavy (non-hydrogen) atoms. The monoisotopic (exact) mass is 459 g/mol. The van der Waals surface area contributed by atoms with Crippen molar-refractivity contribution in [3.63, 3.8) is 0 Å². The highest BCUT2D eigenvalue weighted by molar-refractivity contribution is 5.54. The minimum atomic E-state index is -0.522. The highest BCUT2D eigenvalue weighted by Gasteiger charge is 2.45. The van der Waals surface area contributed by atoms with Gasteiger partial charge in [0.05, 0.1) is 6.61 Å². The molecule has 4 nitrogen and oxygen atoms in total. The number of ether oxygens (including phenoxy) is 3. The van der Waals surface area contributed by atoms with Crippen molar-refractivity contribution in [3.8, 4) is 5.75 Å². The molecule has 3 aromatic carbocycles. The second-order valence-corrected chi connectivity index (χ2v) is 10.6. The van der Waals surface area contributed by atoms with E-state index in [0.717, 1.165) is 29.1 Å². The summed E-state index contributed by atoms with van der Waals surface area (Å²) in [5, 5.41) is 3.56. The van der Waals surface area contributed by atoms with Gasteiger partial charge in [-0.3, -0.25) is 0 Å². The van der Waals surface area contributed by atoms with Crippen LogP contribution in [0.5, 0.6) is 5.75 Å². The van der Waals surface area contributed by atoms with Crippen LogP contribution >= 0.6 is 0 Å². The van der Waals surface area contributed by atoms with Crippen molar-refractivity contribution in [1.29, 1.82) is 0 Å². The van der Waals surface area contributed by atoms with Crippen LogP contribution in [0, 0.1) is 0 Å². The summed E-state index contributed by atoms with van der Waals surface area (Å²) in [4.78, 5) is 0. The van der Waals surface area contributed by atoms with Gasteiger partial charge >= 0.3 is 0 Å². The summed E-state index contributed by atoms with van der Waals surface area (Å²) in [5.74, 6) is 0.844. The maximum absolute atomic E-state index is 6.38. The van der Waals surface area contributed by atoms with Gasteiger partial charge in [-0.1, -0.05) is 75.4 Å². The highest BCUT2D eigenvalue weighted by Crippen LogP contribution is 2.44. The Bertz CT molecular complexity index is 1080. The van der Waals surface area contributed by atoms with Gasteiger partial charge in [-0.25, -0.2) is 0 Å². The fraction of sp³-hybridized carbons (Fsp3) is 0.400. The molecule has 0 fully saturated rings. The number of nitrogens with one attached hydrogen (secondary N) is 1. The molecule has 0 radical (unpaired) electrons. The first-order chi connectivity index (χ1) is 16.2. The van der Waals surface area contributed by atoms with Crippen molar-refractivity contribution >= 4 is 5.69 Å². The fourth-order valence-electron chi connectivity index (χ4n) is 4.47. The van der Waals surface area contributed by atoms with E-state index in [1.165, 1.54) is 11.1 Å². The predicted octanol–water partition coefficient (Wildman–Crippen LogP) is 7.04. The van der Waals surface area contributed by atoms with Crippen LogP contribution in [0.4, 0.5) is 5.69 Å². The van der Waals surface area contributed by atoms with Crippen LogP contribution in [-0.4, -0.2) is 18.8 Å². The molecule has 0 bridgehead atoms. The second kappa shape index (κ2) is 9.81. The zero-order valence-corrected chi connectivity index (χ0v) is 21.2. The van der Waals surface area contributed by atoms with Crippen molar-refractivity contribution in [2.45, 2.75) is 71.0 Å². The lowest BCUT2D eigenvalue weighted by Gasteiger charge is -2.44. The summed E-state index contributed by atoms with van der Waals surface area (Å²) >= 11 is 0. The third-order valence-electron chi connectivity index (χ3n) is 6.49. The molecule has 0 aromatic heterocycles. The topological polar surface area (TPSA) is 39.7 Å². The number of hydrogen-bond donors (Lipinski definition) is 1. The summed E-state index contributed by atoms with van der Waals surface area (Å²) in [6, 6.07) is 25.3. The van der Waals surface area contributed by atoms with E-state index in [1.807, 2.05) is 24.3 Å². The molecular weight excluding hydrogens is 422 g/mol. The van der Waals surface area contributed by atoms with Gasteiger partial charge in [0.25, 0.3) is 0 Å². The average Bonchev–Trinajstić information content (AvgIpc) is 2.81. The Morgan fingerprint density at radius 2 is 1.62 bits per heavy atom. The molecule has 4 rings (SSSR count). The SMILES string of the molecule is COC1c2cc(NCc3ccc(C(C)(C)C)cc3)ccc2OC(C)(C)C1OCc1ccccc1. The lowest BCUT2D eigenvalue weighted by molar-refractivity contribution is -0.159. The van der Waals surface area contributed by atoms with Gasteiger partial charge < -0.3 is 19.5 Å². The van der Waals surface area contributed by atoms with Crippen molar-refractivity contribution < 1.29 is 14.2 Å². The van der Waals surface area contributed by atoms with Crippen LogP contribution in [0.15, 0.2) is 72.8 Å². The van der Waals surface area contributed by atoms with Gasteiger partial charge in [0.15, 0.2) is 0 Å². The van der Waals surface area contributed by atoms with E-state index < -0.39 is 5.60 Å². The first-order valence-electron chi connectivity index (χ1n) is 12.0. The van der Waals surface area contributed by atoms with Crippen LogP contribution in [0.3, 0.4) is 0 Å². The lowest BCUT2D eigenvalue weighted by Crippen LogP contribution is -2.50. The normalized spacial score (nSPS) is 19.2. The first-order valence-corrected chi connectivity index (χ1v) is 12.0. The molecule has 180 valence electrons. The maximum atomic E-state index is 6.38. The molecule has 0 aliphatic carbocycles. The van der Waals surface area contributed by atoms with E-state index in [2.05, 4.69) is 88.5 Å². The Hall–Kier alpha value is -2.82. The summed E-state index contributed by atoms with van der Waals surface area (Å²) in [6.07, 6.45) is -0.472. The summed E-state index contributed by atoms with van der Waals surface area (Å²) in [7, 11) is 1.74. The largest absolute Gasteiger partial charge is 0.485 e. The number of methoxy groups -OCH3 is 1. The number of fused-ring (bicyclic) bond motifs is 1. The van der Waals surface area contributed by atoms with E-state index in [9.17, 15) is 0 Å². The van der Waals surface area contributed by atoms with Gasteiger partial charge in [0.2, 0.25) is 0 Å². The van der Waals surface area contributed by atoms with Crippen molar-refractivity contribution in [3.05, 3.63) is 95.1 Å². The molecule has 0 saturated carbocycles. The third kappa shape index (κ3) is 5.45. The van der Waals surface area contributed by atoms with Crippen LogP contribution in [-0.2, 0) is 28.0 Å². The zero-order chi connectivity index (χ0) is 24.3. The molecule has 2 unspecified atom stereocenters. The first kappa shape index (κ1) is 24.3. The van der Waals surface area contributed by atoms with Crippen LogP contribution < -0.4 is 10.1 Å². The number of rotatable bonds is 7. The van der Waals surface area contributed by atoms with Gasteiger partial charge in [0.1, 0.15) is 23.6 Å². The molecule has 0 amide bonds. The Balaban J connectivity index is 1.50. The fourth-order valence-corrected chi connectivity index (χ4v) is 4.47. The van der Waals surface area contributed by atoms with Gasteiger partial charge in [0, 0.05) is 24.9 Å². The molecular formula is C30H37NO3. The highest BCUT2D eigenvalue weighted by atomic mass is 16.6. The van der Waals surface area contributed by atoms with Crippen LogP contribution in [0.1, 0.15) is 63.0 Å².